The zero-order valence-corrected chi connectivity index (χ0v) is 9.06. The molecule has 0 radical (unpaired) electrons. The first kappa shape index (κ1) is 11.7. The van der Waals surface area contributed by atoms with Crippen LogP contribution < -0.4 is 10.1 Å². The zero-order chi connectivity index (χ0) is 11.4. The lowest BCUT2D eigenvalue weighted by molar-refractivity contribution is 0.0989. The highest BCUT2D eigenvalue weighted by Crippen LogP contribution is 2.21. The van der Waals surface area contributed by atoms with E-state index in [1.165, 1.54) is 13.2 Å². The topological polar surface area (TPSA) is 38.3 Å². The summed E-state index contributed by atoms with van der Waals surface area (Å²) in [5.41, 5.74) is 0.481. The van der Waals surface area contributed by atoms with Gasteiger partial charge in [0.1, 0.15) is 11.6 Å². The normalized spacial score (nSPS) is 10.1. The Kier molecular flexibility index (Phi) is 3.80. The molecule has 82 valence electrons. The average molecular weight is 211 g/mol. The highest BCUT2D eigenvalue weighted by molar-refractivity contribution is 5.98. The molecule has 3 nitrogen and oxygen atoms in total. The minimum atomic E-state index is -0.476. The molecule has 1 aromatic carbocycles. The Balaban J connectivity index is 3.15. The Hall–Kier alpha value is -1.42. The molecule has 0 amide bonds. The standard InChI is InChI=1S/C11H14FNO2/c1-7-4-8(15-3)5-9(11(7)12)10(14)6-13-2/h4-5,13H,6H2,1-3H3. The molecule has 0 atom stereocenters. The second-order valence-corrected chi connectivity index (χ2v) is 3.26. The Labute approximate surface area is 88.2 Å². The number of carbonyl (C=O) groups excluding carboxylic acids is 1. The van der Waals surface area contributed by atoms with Crippen LogP contribution in [0.4, 0.5) is 4.39 Å². The first-order chi connectivity index (χ1) is 7.10. The number of halogens is 1. The second-order valence-electron chi connectivity index (χ2n) is 3.26. The van der Waals surface area contributed by atoms with Gasteiger partial charge in [0.2, 0.25) is 0 Å². The van der Waals surface area contributed by atoms with Crippen molar-refractivity contribution in [1.82, 2.24) is 5.32 Å². The molecule has 0 unspecified atom stereocenters. The number of hydrogen-bond donors (Lipinski definition) is 1. The number of benzene rings is 1. The van der Waals surface area contributed by atoms with Crippen molar-refractivity contribution in [3.63, 3.8) is 0 Å². The number of carbonyl (C=O) groups is 1. The summed E-state index contributed by atoms with van der Waals surface area (Å²) < 4.78 is 18.6. The van der Waals surface area contributed by atoms with Gasteiger partial charge in [0.05, 0.1) is 19.2 Å². The van der Waals surface area contributed by atoms with E-state index in [1.807, 2.05) is 0 Å². The van der Waals surface area contributed by atoms with E-state index in [0.717, 1.165) is 0 Å². The number of ether oxygens (including phenoxy) is 1. The van der Waals surface area contributed by atoms with Gasteiger partial charge in [0, 0.05) is 0 Å². The van der Waals surface area contributed by atoms with Crippen LogP contribution in [0.5, 0.6) is 5.75 Å². The van der Waals surface area contributed by atoms with Gasteiger partial charge in [-0.15, -0.1) is 0 Å². The van der Waals surface area contributed by atoms with Gasteiger partial charge >= 0.3 is 0 Å². The molecular weight excluding hydrogens is 197 g/mol. The number of aryl methyl sites for hydroxylation is 1. The summed E-state index contributed by atoms with van der Waals surface area (Å²) in [5, 5.41) is 2.69. The fraction of sp³-hybridized carbons (Fsp3) is 0.364. The monoisotopic (exact) mass is 211 g/mol. The number of rotatable bonds is 4. The molecule has 0 heterocycles. The Morgan fingerprint density at radius 1 is 1.53 bits per heavy atom. The number of ketones is 1. The summed E-state index contributed by atoms with van der Waals surface area (Å²) in [4.78, 5) is 11.5. The number of likely N-dealkylation sites (N-methyl/N-ethyl adjacent to an activating group) is 1. The van der Waals surface area contributed by atoms with Gasteiger partial charge in [-0.25, -0.2) is 4.39 Å². The van der Waals surface area contributed by atoms with E-state index in [0.29, 0.717) is 11.3 Å². The summed E-state index contributed by atoms with van der Waals surface area (Å²) in [6.45, 7) is 1.72. The van der Waals surface area contributed by atoms with Crippen LogP contribution in [0.3, 0.4) is 0 Å². The zero-order valence-electron chi connectivity index (χ0n) is 9.06. The summed E-state index contributed by atoms with van der Waals surface area (Å²) in [6.07, 6.45) is 0. The van der Waals surface area contributed by atoms with Crippen molar-refractivity contribution < 1.29 is 13.9 Å². The molecule has 0 saturated heterocycles. The van der Waals surface area contributed by atoms with Crippen molar-refractivity contribution in [2.24, 2.45) is 0 Å². The van der Waals surface area contributed by atoms with Gasteiger partial charge in [-0.05, 0) is 31.7 Å². The fourth-order valence-corrected chi connectivity index (χ4v) is 1.31. The van der Waals surface area contributed by atoms with E-state index < -0.39 is 5.82 Å². The maximum Gasteiger partial charge on any atom is 0.179 e. The van der Waals surface area contributed by atoms with Crippen molar-refractivity contribution in [2.45, 2.75) is 6.92 Å². The van der Waals surface area contributed by atoms with Gasteiger partial charge in [0.15, 0.2) is 5.78 Å². The molecule has 1 aromatic rings. The minimum absolute atomic E-state index is 0.0706. The van der Waals surface area contributed by atoms with Crippen LogP contribution in [0.2, 0.25) is 0 Å². The number of methoxy groups -OCH3 is 1. The van der Waals surface area contributed by atoms with Gasteiger partial charge in [-0.2, -0.15) is 0 Å². The smallest absolute Gasteiger partial charge is 0.179 e. The number of Topliss-reactive ketones (excluding diaryl/α,β-unsaturated/α-hetero) is 1. The molecule has 1 N–H and O–H groups in total. The quantitative estimate of drug-likeness (QED) is 0.768. The fourth-order valence-electron chi connectivity index (χ4n) is 1.31. The SMILES string of the molecule is CNCC(=O)c1cc(OC)cc(C)c1F. The molecule has 0 fully saturated rings. The van der Waals surface area contributed by atoms with E-state index in [4.69, 9.17) is 4.74 Å². The molecular formula is C11H14FNO2. The second kappa shape index (κ2) is 4.89. The molecule has 15 heavy (non-hydrogen) atoms. The molecule has 0 aromatic heterocycles. The predicted molar refractivity (Wildman–Crippen MR) is 55.9 cm³/mol. The van der Waals surface area contributed by atoms with Crippen LogP contribution in [0.15, 0.2) is 12.1 Å². The van der Waals surface area contributed by atoms with Crippen LogP contribution in [0, 0.1) is 12.7 Å². The van der Waals surface area contributed by atoms with E-state index in [2.05, 4.69) is 5.32 Å². The van der Waals surface area contributed by atoms with E-state index in [-0.39, 0.29) is 17.9 Å². The van der Waals surface area contributed by atoms with Crippen LogP contribution in [0.1, 0.15) is 15.9 Å². The highest BCUT2D eigenvalue weighted by Gasteiger charge is 2.14. The van der Waals surface area contributed by atoms with Crippen LogP contribution in [-0.4, -0.2) is 26.5 Å². The summed E-state index contributed by atoms with van der Waals surface area (Å²) in [6, 6.07) is 2.98. The number of hydrogen-bond acceptors (Lipinski definition) is 3. The lowest BCUT2D eigenvalue weighted by atomic mass is 10.1. The summed E-state index contributed by atoms with van der Waals surface area (Å²) >= 11 is 0. The molecule has 0 aliphatic rings. The highest BCUT2D eigenvalue weighted by atomic mass is 19.1. The molecule has 0 spiro atoms. The number of nitrogens with one attached hydrogen (secondary N) is 1. The minimum Gasteiger partial charge on any atom is -0.497 e. The third kappa shape index (κ3) is 2.53. The van der Waals surface area contributed by atoms with Gasteiger partial charge in [-0.1, -0.05) is 0 Å². The lowest BCUT2D eigenvalue weighted by Crippen LogP contribution is -2.20. The third-order valence-electron chi connectivity index (χ3n) is 2.10. The Morgan fingerprint density at radius 3 is 2.73 bits per heavy atom. The first-order valence-corrected chi connectivity index (χ1v) is 4.62. The van der Waals surface area contributed by atoms with Gasteiger partial charge in [-0.3, -0.25) is 4.79 Å². The van der Waals surface area contributed by atoms with Crippen molar-refractivity contribution in [3.8, 4) is 5.75 Å². The maximum atomic E-state index is 13.6. The Morgan fingerprint density at radius 2 is 2.20 bits per heavy atom. The largest absolute Gasteiger partial charge is 0.497 e. The molecule has 4 heteroatoms. The van der Waals surface area contributed by atoms with Crippen molar-refractivity contribution in [2.75, 3.05) is 20.7 Å². The molecule has 1 rings (SSSR count). The van der Waals surface area contributed by atoms with Crippen LogP contribution in [0.25, 0.3) is 0 Å². The van der Waals surface area contributed by atoms with Crippen molar-refractivity contribution in [3.05, 3.63) is 29.1 Å². The Bertz CT molecular complexity index is 377. The lowest BCUT2D eigenvalue weighted by Gasteiger charge is -2.07. The summed E-state index contributed by atoms with van der Waals surface area (Å²) in [7, 11) is 3.13. The van der Waals surface area contributed by atoms with Gasteiger partial charge in [0.25, 0.3) is 0 Å². The van der Waals surface area contributed by atoms with Crippen molar-refractivity contribution >= 4 is 5.78 Å². The maximum absolute atomic E-state index is 13.6. The van der Waals surface area contributed by atoms with E-state index in [9.17, 15) is 9.18 Å². The molecule has 0 saturated carbocycles. The molecule has 0 bridgehead atoms. The summed E-state index contributed by atoms with van der Waals surface area (Å²) in [5.74, 6) is -0.263. The third-order valence-corrected chi connectivity index (χ3v) is 2.10. The van der Waals surface area contributed by atoms with E-state index >= 15 is 0 Å². The average Bonchev–Trinajstić information content (AvgIpc) is 2.22. The van der Waals surface area contributed by atoms with Crippen molar-refractivity contribution in [1.29, 1.82) is 0 Å². The molecule has 0 aliphatic heterocycles. The molecule has 0 aliphatic carbocycles. The van der Waals surface area contributed by atoms with Crippen LogP contribution >= 0.6 is 0 Å². The predicted octanol–water partition coefficient (Wildman–Crippen LogP) is 1.54. The van der Waals surface area contributed by atoms with E-state index in [1.54, 1.807) is 20.0 Å². The first-order valence-electron chi connectivity index (χ1n) is 4.62. The van der Waals surface area contributed by atoms with Crippen LogP contribution in [-0.2, 0) is 0 Å². The van der Waals surface area contributed by atoms with Gasteiger partial charge < -0.3 is 10.1 Å².